The average Bonchev–Trinajstić information content (AvgIpc) is 2.87. The third-order valence-electron chi connectivity index (χ3n) is 6.25. The Morgan fingerprint density at radius 3 is 1.86 bits per heavy atom. The van der Waals surface area contributed by atoms with Crippen LogP contribution in [-0.2, 0) is 25.4 Å². The molecule has 0 saturated heterocycles. The summed E-state index contributed by atoms with van der Waals surface area (Å²) in [6, 6.07) is 30.4. The zero-order chi connectivity index (χ0) is 25.2. The maximum atomic E-state index is 12.9. The molecule has 4 nitrogen and oxygen atoms in total. The SMILES string of the molecule is CC(C)(C)[Si](OC(CCCC=O)CC(=O)OCc1ccccc1)(c1ccccc1)c1ccccc1. The van der Waals surface area contributed by atoms with Gasteiger partial charge in [-0.3, -0.25) is 4.79 Å². The van der Waals surface area contributed by atoms with Crippen LogP contribution in [0, 0.1) is 0 Å². The molecule has 1 atom stereocenters. The molecule has 0 radical (unpaired) electrons. The standard InChI is InChI=1S/C30H36O4Si/c1-30(2,3)35(27-18-9-5-10-19-27,28-20-11-6-12-21-28)34-26(17-13-14-22-31)23-29(32)33-24-25-15-7-4-8-16-25/h4-12,15-16,18-22,26H,13-14,17,23-24H2,1-3H3. The molecular formula is C30H36O4Si. The number of benzene rings is 3. The molecule has 35 heavy (non-hydrogen) atoms. The molecule has 0 aliphatic heterocycles. The summed E-state index contributed by atoms with van der Waals surface area (Å²) in [4.78, 5) is 23.9. The van der Waals surface area contributed by atoms with Crippen LogP contribution in [0.5, 0.6) is 0 Å². The molecule has 0 heterocycles. The van der Waals surface area contributed by atoms with E-state index in [9.17, 15) is 9.59 Å². The van der Waals surface area contributed by atoms with Gasteiger partial charge in [-0.2, -0.15) is 0 Å². The third-order valence-corrected chi connectivity index (χ3v) is 11.3. The predicted octanol–water partition coefficient (Wildman–Crippen LogP) is 5.43. The van der Waals surface area contributed by atoms with Crippen molar-refractivity contribution < 1.29 is 18.8 Å². The Kier molecular flexibility index (Phi) is 9.58. The highest BCUT2D eigenvalue weighted by atomic mass is 28.4. The summed E-state index contributed by atoms with van der Waals surface area (Å²) < 4.78 is 12.8. The minimum Gasteiger partial charge on any atom is -0.461 e. The van der Waals surface area contributed by atoms with Crippen LogP contribution in [0.2, 0.25) is 5.04 Å². The molecule has 3 rings (SSSR count). The van der Waals surface area contributed by atoms with E-state index in [-0.39, 0.29) is 30.1 Å². The summed E-state index contributed by atoms with van der Waals surface area (Å²) in [6.45, 7) is 6.89. The molecule has 0 amide bonds. The number of unbranched alkanes of at least 4 members (excludes halogenated alkanes) is 1. The van der Waals surface area contributed by atoms with E-state index in [0.717, 1.165) is 22.2 Å². The zero-order valence-electron chi connectivity index (χ0n) is 21.0. The molecule has 3 aromatic rings. The summed E-state index contributed by atoms with van der Waals surface area (Å²) in [5.74, 6) is -0.289. The van der Waals surface area contributed by atoms with Crippen LogP contribution < -0.4 is 10.4 Å². The van der Waals surface area contributed by atoms with Crippen LogP contribution >= 0.6 is 0 Å². The first-order valence-electron chi connectivity index (χ1n) is 12.3. The first-order chi connectivity index (χ1) is 16.9. The van der Waals surface area contributed by atoms with E-state index in [0.29, 0.717) is 19.3 Å². The maximum absolute atomic E-state index is 12.9. The van der Waals surface area contributed by atoms with E-state index >= 15 is 0 Å². The fourth-order valence-corrected chi connectivity index (χ4v) is 9.27. The van der Waals surface area contributed by atoms with Gasteiger partial charge in [0.15, 0.2) is 0 Å². The van der Waals surface area contributed by atoms with Gasteiger partial charge in [0.2, 0.25) is 0 Å². The van der Waals surface area contributed by atoms with E-state index in [1.165, 1.54) is 0 Å². The Labute approximate surface area is 210 Å². The van der Waals surface area contributed by atoms with Gasteiger partial charge in [0.05, 0.1) is 12.5 Å². The van der Waals surface area contributed by atoms with Gasteiger partial charge in [0.25, 0.3) is 8.32 Å². The summed E-state index contributed by atoms with van der Waals surface area (Å²) in [5, 5.41) is 2.13. The predicted molar refractivity (Wildman–Crippen MR) is 143 cm³/mol. The Balaban J connectivity index is 1.93. The van der Waals surface area contributed by atoms with Gasteiger partial charge in [0, 0.05) is 6.42 Å². The van der Waals surface area contributed by atoms with Crippen LogP contribution in [0.15, 0.2) is 91.0 Å². The number of rotatable bonds is 12. The van der Waals surface area contributed by atoms with E-state index in [1.54, 1.807) is 0 Å². The summed E-state index contributed by atoms with van der Waals surface area (Å²) in [6.07, 6.45) is 2.44. The lowest BCUT2D eigenvalue weighted by molar-refractivity contribution is -0.147. The lowest BCUT2D eigenvalue weighted by Gasteiger charge is -2.45. The smallest absolute Gasteiger partial charge is 0.308 e. The molecule has 5 heteroatoms. The minimum absolute atomic E-state index is 0.149. The third kappa shape index (κ3) is 7.00. The fraction of sp³-hybridized carbons (Fsp3) is 0.333. The van der Waals surface area contributed by atoms with Crippen LogP contribution in [-0.4, -0.2) is 26.7 Å². The van der Waals surface area contributed by atoms with Crippen molar-refractivity contribution in [2.75, 3.05) is 0 Å². The summed E-state index contributed by atoms with van der Waals surface area (Å²) in [5.41, 5.74) is 0.950. The lowest BCUT2D eigenvalue weighted by atomic mass is 10.1. The molecule has 1 unspecified atom stereocenters. The summed E-state index contributed by atoms with van der Waals surface area (Å²) in [7, 11) is -2.82. The van der Waals surface area contributed by atoms with Crippen molar-refractivity contribution in [3.05, 3.63) is 96.6 Å². The Morgan fingerprint density at radius 1 is 0.857 bits per heavy atom. The Hall–Kier alpha value is -3.02. The molecule has 184 valence electrons. The van der Waals surface area contributed by atoms with Crippen LogP contribution in [0.1, 0.15) is 52.0 Å². The zero-order valence-corrected chi connectivity index (χ0v) is 22.0. The summed E-state index contributed by atoms with van der Waals surface area (Å²) >= 11 is 0. The second kappa shape index (κ2) is 12.6. The molecular weight excluding hydrogens is 452 g/mol. The van der Waals surface area contributed by atoms with Gasteiger partial charge >= 0.3 is 5.97 Å². The van der Waals surface area contributed by atoms with Crippen molar-refractivity contribution in [1.82, 2.24) is 0 Å². The number of carbonyl (C=O) groups excluding carboxylic acids is 2. The monoisotopic (exact) mass is 488 g/mol. The highest BCUT2D eigenvalue weighted by Crippen LogP contribution is 2.38. The van der Waals surface area contributed by atoms with Gasteiger partial charge < -0.3 is 14.0 Å². The second-order valence-electron chi connectivity index (χ2n) is 9.85. The number of esters is 1. The van der Waals surface area contributed by atoms with Gasteiger partial charge in [-0.1, -0.05) is 112 Å². The molecule has 0 bridgehead atoms. The van der Waals surface area contributed by atoms with Gasteiger partial charge in [0.1, 0.15) is 12.9 Å². The number of hydrogen-bond acceptors (Lipinski definition) is 4. The number of aldehydes is 1. The quantitative estimate of drug-likeness (QED) is 0.148. The first-order valence-corrected chi connectivity index (χ1v) is 14.2. The van der Waals surface area contributed by atoms with E-state index in [2.05, 4.69) is 45.0 Å². The van der Waals surface area contributed by atoms with Crippen LogP contribution in [0.4, 0.5) is 0 Å². The average molecular weight is 489 g/mol. The first kappa shape index (κ1) is 26.6. The van der Waals surface area contributed by atoms with Gasteiger partial charge in [-0.25, -0.2) is 0 Å². The number of carbonyl (C=O) groups is 2. The van der Waals surface area contributed by atoms with E-state index in [4.69, 9.17) is 9.16 Å². The fourth-order valence-electron chi connectivity index (χ4n) is 4.56. The van der Waals surface area contributed by atoms with Crippen LogP contribution in [0.3, 0.4) is 0 Å². The maximum Gasteiger partial charge on any atom is 0.308 e. The molecule has 0 saturated carbocycles. The van der Waals surface area contributed by atoms with Crippen molar-refractivity contribution in [3.8, 4) is 0 Å². The largest absolute Gasteiger partial charge is 0.461 e. The molecule has 0 aliphatic rings. The van der Waals surface area contributed by atoms with Crippen LogP contribution in [0.25, 0.3) is 0 Å². The molecule has 0 fully saturated rings. The molecule has 3 aromatic carbocycles. The molecule has 0 aromatic heterocycles. The molecule has 0 spiro atoms. The number of ether oxygens (including phenoxy) is 1. The van der Waals surface area contributed by atoms with Crippen molar-refractivity contribution in [3.63, 3.8) is 0 Å². The Morgan fingerprint density at radius 2 is 1.37 bits per heavy atom. The highest BCUT2D eigenvalue weighted by Gasteiger charge is 2.51. The number of hydrogen-bond donors (Lipinski definition) is 0. The normalized spacial score (nSPS) is 12.7. The lowest BCUT2D eigenvalue weighted by Crippen LogP contribution is -2.67. The topological polar surface area (TPSA) is 52.6 Å². The van der Waals surface area contributed by atoms with Crippen molar-refractivity contribution in [1.29, 1.82) is 0 Å². The molecule has 0 N–H and O–H groups in total. The molecule has 0 aliphatic carbocycles. The van der Waals surface area contributed by atoms with Gasteiger partial charge in [-0.05, 0) is 33.8 Å². The Bertz CT molecular complexity index is 1010. The van der Waals surface area contributed by atoms with Gasteiger partial charge in [-0.15, -0.1) is 0 Å². The van der Waals surface area contributed by atoms with E-state index in [1.807, 2.05) is 66.7 Å². The van der Waals surface area contributed by atoms with Crippen molar-refractivity contribution in [2.24, 2.45) is 0 Å². The van der Waals surface area contributed by atoms with Crippen molar-refractivity contribution in [2.45, 2.75) is 64.2 Å². The second-order valence-corrected chi connectivity index (χ2v) is 14.1. The van der Waals surface area contributed by atoms with Crippen molar-refractivity contribution >= 4 is 30.9 Å². The highest BCUT2D eigenvalue weighted by molar-refractivity contribution is 6.99. The van der Waals surface area contributed by atoms with E-state index < -0.39 is 8.32 Å². The minimum atomic E-state index is -2.82.